The van der Waals surface area contributed by atoms with Gasteiger partial charge in [-0.05, 0) is 33.5 Å². The molecule has 0 aromatic heterocycles. The molecule has 0 aliphatic heterocycles. The zero-order valence-corrected chi connectivity index (χ0v) is 11.9. The molecular weight excluding hydrogens is 218 g/mol. The lowest BCUT2D eigenvalue weighted by molar-refractivity contribution is 0.285. The second kappa shape index (κ2) is 6.36. The van der Waals surface area contributed by atoms with Crippen LogP contribution < -0.4 is 0 Å². The summed E-state index contributed by atoms with van der Waals surface area (Å²) >= 11 is 0. The van der Waals surface area contributed by atoms with Gasteiger partial charge in [0.25, 0.3) is 0 Å². The van der Waals surface area contributed by atoms with Gasteiger partial charge in [-0.2, -0.15) is 0 Å². The average molecular weight is 241 g/mol. The van der Waals surface area contributed by atoms with Crippen LogP contribution in [0.15, 0.2) is 60.7 Å². The van der Waals surface area contributed by atoms with Crippen molar-refractivity contribution in [3.63, 3.8) is 0 Å². The summed E-state index contributed by atoms with van der Waals surface area (Å²) in [4.78, 5) is 2.19. The van der Waals surface area contributed by atoms with Gasteiger partial charge in [-0.3, -0.25) is 4.90 Å². The fourth-order valence-corrected chi connectivity index (χ4v) is 1.68. The van der Waals surface area contributed by atoms with Gasteiger partial charge in [-0.1, -0.05) is 66.8 Å². The van der Waals surface area contributed by atoms with Crippen molar-refractivity contribution in [2.75, 3.05) is 14.1 Å². The molecule has 1 atom stereocenters. The number of hydrogen-bond donors (Lipinski definition) is 0. The van der Waals surface area contributed by atoms with E-state index in [2.05, 4.69) is 81.9 Å². The van der Waals surface area contributed by atoms with Crippen molar-refractivity contribution in [2.45, 2.75) is 19.4 Å². The summed E-state index contributed by atoms with van der Waals surface area (Å²) in [6, 6.07) is 10.4. The van der Waals surface area contributed by atoms with Crippen LogP contribution in [0.4, 0.5) is 0 Å². The third kappa shape index (κ3) is 4.01. The van der Waals surface area contributed by atoms with Crippen LogP contribution in [-0.2, 0) is 0 Å². The van der Waals surface area contributed by atoms with Crippen LogP contribution in [0, 0.1) is 0 Å². The molecule has 0 saturated heterocycles. The Labute approximate surface area is 111 Å². The molecule has 0 bridgehead atoms. The summed E-state index contributed by atoms with van der Waals surface area (Å²) < 4.78 is 0. The minimum Gasteiger partial charge on any atom is -0.297 e. The molecule has 96 valence electrons. The maximum atomic E-state index is 3.81. The molecular formula is C17H23N. The van der Waals surface area contributed by atoms with Crippen molar-refractivity contribution in [1.82, 2.24) is 4.90 Å². The molecule has 1 nitrogen and oxygen atoms in total. The molecule has 0 amide bonds. The maximum Gasteiger partial charge on any atom is 0.0550 e. The smallest absolute Gasteiger partial charge is 0.0550 e. The summed E-state index contributed by atoms with van der Waals surface area (Å²) in [6.45, 7) is 8.08. The van der Waals surface area contributed by atoms with E-state index in [4.69, 9.17) is 0 Å². The molecule has 1 heteroatoms. The normalized spacial score (nSPS) is 15.9. The Morgan fingerprint density at radius 2 is 1.83 bits per heavy atom. The van der Waals surface area contributed by atoms with Gasteiger partial charge in [-0.15, -0.1) is 0 Å². The Morgan fingerprint density at radius 3 is 2.33 bits per heavy atom. The maximum absolute atomic E-state index is 3.81. The monoisotopic (exact) mass is 241 g/mol. The van der Waals surface area contributed by atoms with Crippen molar-refractivity contribution in [3.05, 3.63) is 66.3 Å². The van der Waals surface area contributed by atoms with Gasteiger partial charge in [0.15, 0.2) is 0 Å². The number of benzene rings is 1. The largest absolute Gasteiger partial charge is 0.297 e. The van der Waals surface area contributed by atoms with Crippen molar-refractivity contribution in [3.8, 4) is 0 Å². The van der Waals surface area contributed by atoms with Crippen LogP contribution in [0.3, 0.4) is 0 Å². The topological polar surface area (TPSA) is 3.24 Å². The fraction of sp³-hybridized carbons (Fsp3) is 0.294. The van der Waals surface area contributed by atoms with E-state index in [9.17, 15) is 0 Å². The first-order valence-corrected chi connectivity index (χ1v) is 6.21. The predicted molar refractivity (Wildman–Crippen MR) is 81.5 cm³/mol. The number of likely N-dealkylation sites (N-methyl/N-ethyl adjacent to an activating group) is 1. The first-order valence-electron chi connectivity index (χ1n) is 6.21. The summed E-state index contributed by atoms with van der Waals surface area (Å²) in [5.74, 6) is 0. The first kappa shape index (κ1) is 14.5. The third-order valence-corrected chi connectivity index (χ3v) is 3.22. The van der Waals surface area contributed by atoms with E-state index in [0.717, 1.165) is 0 Å². The van der Waals surface area contributed by atoms with Crippen LogP contribution in [-0.4, -0.2) is 24.5 Å². The van der Waals surface area contributed by atoms with E-state index in [1.165, 1.54) is 11.1 Å². The van der Waals surface area contributed by atoms with E-state index < -0.39 is 0 Å². The van der Waals surface area contributed by atoms with E-state index >= 15 is 0 Å². The highest BCUT2D eigenvalue weighted by molar-refractivity contribution is 5.51. The lowest BCUT2D eigenvalue weighted by Crippen LogP contribution is -2.37. The highest BCUT2D eigenvalue weighted by atomic mass is 15.1. The number of nitrogens with zero attached hydrogens (tertiary/aromatic N) is 1. The van der Waals surface area contributed by atoms with Crippen LogP contribution in [0.25, 0.3) is 6.08 Å². The Bertz CT molecular complexity index is 440. The minimum atomic E-state index is -0.103. The number of hydrogen-bond acceptors (Lipinski definition) is 1. The van der Waals surface area contributed by atoms with Gasteiger partial charge in [0.05, 0.1) is 5.54 Å². The second-order valence-corrected chi connectivity index (χ2v) is 4.96. The molecule has 0 heterocycles. The fourth-order valence-electron chi connectivity index (χ4n) is 1.68. The first-order chi connectivity index (χ1) is 8.48. The number of allylic oxidation sites excluding steroid dienone is 2. The molecule has 0 N–H and O–H groups in total. The number of rotatable bonds is 5. The van der Waals surface area contributed by atoms with Gasteiger partial charge in [-0.25, -0.2) is 0 Å². The molecule has 0 saturated carbocycles. The summed E-state index contributed by atoms with van der Waals surface area (Å²) in [5, 5.41) is 0. The summed E-state index contributed by atoms with van der Waals surface area (Å²) in [7, 11) is 4.17. The standard InChI is InChI=1S/C17H23N/c1-6-15(2)14-17(3,18(4)5)13-12-16-10-8-7-9-11-16/h6-14H,1H2,2-5H3. The van der Waals surface area contributed by atoms with Gasteiger partial charge in [0.1, 0.15) is 0 Å². The van der Waals surface area contributed by atoms with Crippen molar-refractivity contribution >= 4 is 6.08 Å². The Kier molecular flexibility index (Phi) is 5.11. The molecule has 1 rings (SSSR count). The summed E-state index contributed by atoms with van der Waals surface area (Å²) in [6.07, 6.45) is 8.49. The Hall–Kier alpha value is -1.60. The van der Waals surface area contributed by atoms with Crippen LogP contribution in [0.2, 0.25) is 0 Å². The molecule has 0 fully saturated rings. The molecule has 1 aromatic rings. The van der Waals surface area contributed by atoms with Crippen LogP contribution in [0.1, 0.15) is 19.4 Å². The van der Waals surface area contributed by atoms with Gasteiger partial charge < -0.3 is 0 Å². The second-order valence-electron chi connectivity index (χ2n) is 4.96. The lowest BCUT2D eigenvalue weighted by Gasteiger charge is -2.31. The zero-order chi connectivity index (χ0) is 13.6. The molecule has 0 spiro atoms. The molecule has 0 radical (unpaired) electrons. The predicted octanol–water partition coefficient (Wildman–Crippen LogP) is 4.15. The van der Waals surface area contributed by atoms with Crippen LogP contribution in [0.5, 0.6) is 0 Å². The lowest BCUT2D eigenvalue weighted by atomic mass is 9.96. The average Bonchev–Trinajstić information content (AvgIpc) is 2.37. The van der Waals surface area contributed by atoms with E-state index in [-0.39, 0.29) is 5.54 Å². The minimum absolute atomic E-state index is 0.103. The van der Waals surface area contributed by atoms with Gasteiger partial charge >= 0.3 is 0 Å². The van der Waals surface area contributed by atoms with Gasteiger partial charge in [0.2, 0.25) is 0 Å². The SMILES string of the molecule is C=CC(C)=CC(C)(C=Cc1ccccc1)N(C)C. The van der Waals surface area contributed by atoms with Crippen molar-refractivity contribution in [1.29, 1.82) is 0 Å². The Balaban J connectivity index is 3.00. The molecule has 1 unspecified atom stereocenters. The zero-order valence-electron chi connectivity index (χ0n) is 11.9. The van der Waals surface area contributed by atoms with E-state index in [0.29, 0.717) is 0 Å². The molecule has 0 aliphatic carbocycles. The Morgan fingerprint density at radius 1 is 1.22 bits per heavy atom. The molecule has 18 heavy (non-hydrogen) atoms. The highest BCUT2D eigenvalue weighted by Crippen LogP contribution is 2.19. The molecule has 1 aromatic carbocycles. The van der Waals surface area contributed by atoms with Crippen LogP contribution >= 0.6 is 0 Å². The quantitative estimate of drug-likeness (QED) is 0.700. The third-order valence-electron chi connectivity index (χ3n) is 3.22. The van der Waals surface area contributed by atoms with E-state index in [1.807, 2.05) is 12.1 Å². The molecule has 0 aliphatic rings. The van der Waals surface area contributed by atoms with Crippen molar-refractivity contribution in [2.24, 2.45) is 0 Å². The summed E-state index contributed by atoms with van der Waals surface area (Å²) in [5.41, 5.74) is 2.30. The van der Waals surface area contributed by atoms with Gasteiger partial charge in [0, 0.05) is 0 Å². The highest BCUT2D eigenvalue weighted by Gasteiger charge is 2.20. The van der Waals surface area contributed by atoms with E-state index in [1.54, 1.807) is 0 Å². The van der Waals surface area contributed by atoms with Crippen molar-refractivity contribution < 1.29 is 0 Å².